The molecule has 1 aliphatic heterocycles. The van der Waals surface area contributed by atoms with E-state index in [2.05, 4.69) is 0 Å². The Morgan fingerprint density at radius 3 is 1.67 bits per heavy atom. The number of ether oxygens (including phenoxy) is 5. The first-order chi connectivity index (χ1) is 18.7. The van der Waals surface area contributed by atoms with Crippen LogP contribution in [0.3, 0.4) is 0 Å². The van der Waals surface area contributed by atoms with Crippen molar-refractivity contribution in [1.29, 1.82) is 0 Å². The Balaban J connectivity index is 1.69. The maximum Gasteiger partial charge on any atom is 0.339 e. The molecule has 3 aromatic carbocycles. The fourth-order valence-electron chi connectivity index (χ4n) is 4.22. The van der Waals surface area contributed by atoms with E-state index in [4.69, 9.17) is 23.7 Å². The lowest BCUT2D eigenvalue weighted by Gasteiger charge is -2.34. The first-order valence-electron chi connectivity index (χ1n) is 12.3. The Morgan fingerprint density at radius 2 is 1.18 bits per heavy atom. The molecule has 1 aliphatic rings. The van der Waals surface area contributed by atoms with Gasteiger partial charge in [-0.2, -0.15) is 0 Å². The third kappa shape index (κ3) is 6.32. The lowest BCUT2D eigenvalue weighted by Crippen LogP contribution is -2.53. The Kier molecular flexibility index (Phi) is 8.41. The van der Waals surface area contributed by atoms with Gasteiger partial charge in [-0.25, -0.2) is 14.4 Å². The van der Waals surface area contributed by atoms with Gasteiger partial charge in [0.15, 0.2) is 6.10 Å². The summed E-state index contributed by atoms with van der Waals surface area (Å²) in [6.07, 6.45) is -4.98. The molecule has 9 heteroatoms. The summed E-state index contributed by atoms with van der Waals surface area (Å²) in [5.41, 5.74) is -1.05. The van der Waals surface area contributed by atoms with Gasteiger partial charge in [-0.15, -0.1) is 0 Å². The molecule has 4 rings (SSSR count). The second-order valence-corrected chi connectivity index (χ2v) is 9.15. The first kappa shape index (κ1) is 27.5. The number of carbonyl (C=O) groups is 4. The molecule has 1 fully saturated rings. The fourth-order valence-corrected chi connectivity index (χ4v) is 4.22. The van der Waals surface area contributed by atoms with Crippen LogP contribution < -0.4 is 0 Å². The molecule has 0 spiro atoms. The number of carbonyl (C=O) groups excluding carboxylic acids is 4. The van der Waals surface area contributed by atoms with Crippen molar-refractivity contribution in [2.75, 3.05) is 0 Å². The predicted octanol–water partition coefficient (Wildman–Crippen LogP) is 4.36. The van der Waals surface area contributed by atoms with Crippen LogP contribution in [0.4, 0.5) is 0 Å². The summed E-state index contributed by atoms with van der Waals surface area (Å²) in [6, 6.07) is 24.7. The van der Waals surface area contributed by atoms with E-state index in [1.54, 1.807) is 97.9 Å². The second kappa shape index (κ2) is 11.9. The van der Waals surface area contributed by atoms with Crippen LogP contribution in [0.2, 0.25) is 0 Å². The van der Waals surface area contributed by atoms with E-state index < -0.39 is 54.1 Å². The first-order valence-corrected chi connectivity index (χ1v) is 12.3. The molecule has 0 bridgehead atoms. The van der Waals surface area contributed by atoms with Gasteiger partial charge < -0.3 is 23.7 Å². The highest BCUT2D eigenvalue weighted by Crippen LogP contribution is 2.40. The van der Waals surface area contributed by atoms with Crippen molar-refractivity contribution in [3.63, 3.8) is 0 Å². The molecule has 0 amide bonds. The minimum Gasteiger partial charge on any atom is -0.456 e. The number of hydrogen-bond donors (Lipinski definition) is 0. The van der Waals surface area contributed by atoms with Gasteiger partial charge in [-0.3, -0.25) is 4.79 Å². The molecular formula is C30H28O9. The minimum absolute atomic E-state index is 0.223. The van der Waals surface area contributed by atoms with Gasteiger partial charge in [0.1, 0.15) is 12.2 Å². The smallest absolute Gasteiger partial charge is 0.339 e. The van der Waals surface area contributed by atoms with Crippen LogP contribution in [0.25, 0.3) is 0 Å². The van der Waals surface area contributed by atoms with Gasteiger partial charge in [0.2, 0.25) is 11.9 Å². The van der Waals surface area contributed by atoms with Gasteiger partial charge in [0, 0.05) is 6.92 Å². The van der Waals surface area contributed by atoms with Crippen LogP contribution in [-0.4, -0.2) is 54.1 Å². The number of hydrogen-bond acceptors (Lipinski definition) is 9. The van der Waals surface area contributed by atoms with E-state index in [1.165, 1.54) is 13.8 Å². The monoisotopic (exact) mass is 532 g/mol. The molecule has 1 saturated heterocycles. The molecule has 202 valence electrons. The predicted molar refractivity (Wildman–Crippen MR) is 138 cm³/mol. The quantitative estimate of drug-likeness (QED) is 0.308. The molecule has 9 nitrogen and oxygen atoms in total. The molecule has 0 aromatic heterocycles. The van der Waals surface area contributed by atoms with Gasteiger partial charge in [-0.1, -0.05) is 54.6 Å². The van der Waals surface area contributed by atoms with Crippen LogP contribution in [0, 0.1) is 0 Å². The zero-order valence-corrected chi connectivity index (χ0v) is 21.6. The summed E-state index contributed by atoms with van der Waals surface area (Å²) in [7, 11) is 0. The molecule has 5 atom stereocenters. The van der Waals surface area contributed by atoms with Gasteiger partial charge in [0.25, 0.3) is 0 Å². The highest BCUT2D eigenvalue weighted by molar-refractivity contribution is 5.91. The third-order valence-corrected chi connectivity index (χ3v) is 6.22. The second-order valence-electron chi connectivity index (χ2n) is 9.15. The van der Waals surface area contributed by atoms with Crippen LogP contribution in [0.15, 0.2) is 91.0 Å². The average molecular weight is 533 g/mol. The van der Waals surface area contributed by atoms with Crippen LogP contribution in [0.5, 0.6) is 0 Å². The Morgan fingerprint density at radius 1 is 0.718 bits per heavy atom. The Labute approximate surface area is 225 Å². The molecule has 39 heavy (non-hydrogen) atoms. The summed E-state index contributed by atoms with van der Waals surface area (Å²) < 4.78 is 28.7. The molecule has 1 heterocycles. The van der Waals surface area contributed by atoms with Crippen molar-refractivity contribution in [3.05, 3.63) is 108 Å². The standard InChI is InChI=1S/C30H28O9/c1-19(35-26(32)21-13-7-4-8-14-21)24-25(38-27(33)22-15-9-5-10-16-22)30(3,29(37-24)36-20(2)31)39-28(34)23-17-11-6-12-18-23/h4-19,24-25,29H,1-3H3/t19-,24-,25-,29?,30-/m1/s1. The Bertz CT molecular complexity index is 1310. The van der Waals surface area contributed by atoms with Gasteiger partial charge >= 0.3 is 23.9 Å². The topological polar surface area (TPSA) is 114 Å². The van der Waals surface area contributed by atoms with Crippen molar-refractivity contribution in [1.82, 2.24) is 0 Å². The molecule has 0 radical (unpaired) electrons. The van der Waals surface area contributed by atoms with Crippen LogP contribution in [0.1, 0.15) is 51.8 Å². The lowest BCUT2D eigenvalue weighted by atomic mass is 9.94. The highest BCUT2D eigenvalue weighted by Gasteiger charge is 2.63. The van der Waals surface area contributed by atoms with Crippen molar-refractivity contribution in [2.45, 2.75) is 51.0 Å². The van der Waals surface area contributed by atoms with E-state index in [0.717, 1.165) is 0 Å². The average Bonchev–Trinajstić information content (AvgIpc) is 3.20. The summed E-state index contributed by atoms with van der Waals surface area (Å²) in [5.74, 6) is -2.85. The van der Waals surface area contributed by atoms with E-state index in [-0.39, 0.29) is 11.1 Å². The van der Waals surface area contributed by atoms with Crippen LogP contribution in [-0.2, 0) is 28.5 Å². The van der Waals surface area contributed by atoms with E-state index >= 15 is 0 Å². The fraction of sp³-hybridized carbons (Fsp3) is 0.267. The van der Waals surface area contributed by atoms with Crippen LogP contribution >= 0.6 is 0 Å². The van der Waals surface area contributed by atoms with Crippen molar-refractivity contribution < 1.29 is 42.9 Å². The summed E-state index contributed by atoms with van der Waals surface area (Å²) in [4.78, 5) is 51.1. The maximum atomic E-state index is 13.2. The highest BCUT2D eigenvalue weighted by atomic mass is 16.8. The summed E-state index contributed by atoms with van der Waals surface area (Å²) >= 11 is 0. The van der Waals surface area contributed by atoms with Crippen molar-refractivity contribution in [2.24, 2.45) is 0 Å². The minimum atomic E-state index is -1.80. The largest absolute Gasteiger partial charge is 0.456 e. The van der Waals surface area contributed by atoms with Gasteiger partial charge in [-0.05, 0) is 50.2 Å². The molecule has 0 aliphatic carbocycles. The summed E-state index contributed by atoms with van der Waals surface area (Å²) in [5, 5.41) is 0. The Hall–Kier alpha value is -4.50. The zero-order valence-electron chi connectivity index (χ0n) is 21.6. The molecule has 0 N–H and O–H groups in total. The summed E-state index contributed by atoms with van der Waals surface area (Å²) in [6.45, 7) is 4.15. The lowest BCUT2D eigenvalue weighted by molar-refractivity contribution is -0.208. The maximum absolute atomic E-state index is 13.2. The van der Waals surface area contributed by atoms with Crippen molar-refractivity contribution in [3.8, 4) is 0 Å². The normalized spacial score (nSPS) is 22.8. The zero-order chi connectivity index (χ0) is 28.0. The van der Waals surface area contributed by atoms with E-state index in [0.29, 0.717) is 5.56 Å². The molecular weight excluding hydrogens is 504 g/mol. The number of esters is 4. The SMILES string of the molecule is CC(=O)OC1O[C@H]([C@@H](C)OC(=O)c2ccccc2)[C@@H](OC(=O)c2ccccc2)[C@@]1(C)OC(=O)c1ccccc1. The number of benzene rings is 3. The molecule has 1 unspecified atom stereocenters. The van der Waals surface area contributed by atoms with E-state index in [9.17, 15) is 19.2 Å². The third-order valence-electron chi connectivity index (χ3n) is 6.22. The molecule has 0 saturated carbocycles. The molecule has 3 aromatic rings. The van der Waals surface area contributed by atoms with E-state index in [1.807, 2.05) is 0 Å². The van der Waals surface area contributed by atoms with Crippen molar-refractivity contribution >= 4 is 23.9 Å². The van der Waals surface area contributed by atoms with Gasteiger partial charge in [0.05, 0.1) is 16.7 Å². The number of rotatable bonds is 8.